The fraction of sp³-hybridized carbons (Fsp3) is 0.412. The van der Waals surface area contributed by atoms with Crippen molar-refractivity contribution in [2.75, 3.05) is 13.7 Å². The molecule has 0 amide bonds. The van der Waals surface area contributed by atoms with Gasteiger partial charge in [0.2, 0.25) is 0 Å². The van der Waals surface area contributed by atoms with Crippen LogP contribution in [0.4, 0.5) is 0 Å². The van der Waals surface area contributed by atoms with Crippen molar-refractivity contribution in [3.8, 4) is 5.75 Å². The summed E-state index contributed by atoms with van der Waals surface area (Å²) in [6, 6.07) is 9.00. The highest BCUT2D eigenvalue weighted by Gasteiger charge is 2.19. The normalized spacial score (nSPS) is 12.4. The minimum atomic E-state index is 0.212. The van der Waals surface area contributed by atoms with Gasteiger partial charge in [0.15, 0.2) is 0 Å². The van der Waals surface area contributed by atoms with E-state index >= 15 is 0 Å². The summed E-state index contributed by atoms with van der Waals surface area (Å²) < 4.78 is 5.50. The molecule has 0 saturated carbocycles. The van der Waals surface area contributed by atoms with Crippen molar-refractivity contribution in [1.29, 1.82) is 0 Å². The second kappa shape index (κ2) is 6.91. The summed E-state index contributed by atoms with van der Waals surface area (Å²) in [5, 5.41) is 5.74. The lowest BCUT2D eigenvalue weighted by molar-refractivity contribution is 0.407. The van der Waals surface area contributed by atoms with Gasteiger partial charge in [-0.1, -0.05) is 36.2 Å². The zero-order chi connectivity index (χ0) is 14.5. The molecule has 1 unspecified atom stereocenters. The molecule has 0 aliphatic rings. The minimum Gasteiger partial charge on any atom is -0.496 e. The van der Waals surface area contributed by atoms with Crippen LogP contribution >= 0.6 is 11.3 Å². The molecule has 20 heavy (non-hydrogen) atoms. The number of aryl methyl sites for hydroxylation is 2. The third kappa shape index (κ3) is 3.41. The van der Waals surface area contributed by atoms with Crippen LogP contribution in [0.25, 0.3) is 0 Å². The zero-order valence-electron chi connectivity index (χ0n) is 12.7. The third-order valence-corrected chi connectivity index (χ3v) is 4.28. The molecule has 1 atom stereocenters. The fourth-order valence-electron chi connectivity index (χ4n) is 2.52. The Labute approximate surface area is 125 Å². The number of thiophene rings is 1. The van der Waals surface area contributed by atoms with Crippen LogP contribution in [-0.4, -0.2) is 13.7 Å². The van der Waals surface area contributed by atoms with Crippen molar-refractivity contribution in [1.82, 2.24) is 5.32 Å². The first-order valence-electron chi connectivity index (χ1n) is 7.08. The highest BCUT2D eigenvalue weighted by Crippen LogP contribution is 2.35. The number of nitrogens with one attached hydrogen (secondary N) is 1. The Morgan fingerprint density at radius 1 is 1.20 bits per heavy atom. The Balaban J connectivity index is 2.41. The third-order valence-electron chi connectivity index (χ3n) is 3.32. The van der Waals surface area contributed by atoms with E-state index in [4.69, 9.17) is 4.74 Å². The van der Waals surface area contributed by atoms with Gasteiger partial charge in [-0.2, -0.15) is 0 Å². The van der Waals surface area contributed by atoms with Gasteiger partial charge in [-0.3, -0.25) is 0 Å². The van der Waals surface area contributed by atoms with Crippen molar-refractivity contribution >= 4 is 11.3 Å². The van der Waals surface area contributed by atoms with E-state index in [-0.39, 0.29) is 6.04 Å². The molecule has 0 bridgehead atoms. The molecular formula is C17H23NOS. The highest BCUT2D eigenvalue weighted by atomic mass is 32.1. The zero-order valence-corrected chi connectivity index (χ0v) is 13.5. The molecule has 1 N–H and O–H groups in total. The number of methoxy groups -OCH3 is 1. The Bertz CT molecular complexity index is 542. The molecule has 0 fully saturated rings. The van der Waals surface area contributed by atoms with E-state index in [9.17, 15) is 0 Å². The van der Waals surface area contributed by atoms with Gasteiger partial charge in [-0.05, 0) is 43.8 Å². The molecule has 0 radical (unpaired) electrons. The molecule has 3 heteroatoms. The first kappa shape index (κ1) is 15.1. The van der Waals surface area contributed by atoms with Crippen LogP contribution in [0.2, 0.25) is 0 Å². The van der Waals surface area contributed by atoms with Crippen LogP contribution in [-0.2, 0) is 0 Å². The Morgan fingerprint density at radius 3 is 2.50 bits per heavy atom. The number of ether oxygens (including phenoxy) is 1. The maximum Gasteiger partial charge on any atom is 0.134 e. The van der Waals surface area contributed by atoms with Crippen LogP contribution in [0.1, 0.15) is 41.0 Å². The average Bonchev–Trinajstić information content (AvgIpc) is 2.86. The summed E-state index contributed by atoms with van der Waals surface area (Å²) in [6.45, 7) is 7.49. The van der Waals surface area contributed by atoms with Crippen LogP contribution < -0.4 is 10.1 Å². The van der Waals surface area contributed by atoms with Gasteiger partial charge in [-0.25, -0.2) is 0 Å². The van der Waals surface area contributed by atoms with Crippen LogP contribution in [0.3, 0.4) is 0 Å². The number of benzene rings is 1. The maximum atomic E-state index is 5.50. The predicted octanol–water partition coefficient (Wildman–Crippen LogP) is 4.46. The molecule has 2 aromatic rings. The lowest BCUT2D eigenvalue weighted by Gasteiger charge is -2.20. The van der Waals surface area contributed by atoms with Crippen LogP contribution in [0.15, 0.2) is 29.6 Å². The van der Waals surface area contributed by atoms with Crippen molar-refractivity contribution in [3.05, 3.63) is 51.2 Å². The van der Waals surface area contributed by atoms with Crippen molar-refractivity contribution in [3.63, 3.8) is 0 Å². The molecule has 0 spiro atoms. The number of rotatable bonds is 6. The van der Waals surface area contributed by atoms with Gasteiger partial charge >= 0.3 is 0 Å². The molecule has 1 heterocycles. The highest BCUT2D eigenvalue weighted by molar-refractivity contribution is 7.10. The van der Waals surface area contributed by atoms with E-state index in [1.807, 2.05) is 6.07 Å². The predicted molar refractivity (Wildman–Crippen MR) is 86.9 cm³/mol. The summed E-state index contributed by atoms with van der Waals surface area (Å²) in [6.07, 6.45) is 1.12. The van der Waals surface area contributed by atoms with Gasteiger partial charge in [0.05, 0.1) is 18.0 Å². The van der Waals surface area contributed by atoms with Gasteiger partial charge in [0, 0.05) is 0 Å². The van der Waals surface area contributed by atoms with Crippen LogP contribution in [0, 0.1) is 13.8 Å². The molecule has 1 aromatic carbocycles. The molecule has 2 nitrogen and oxygen atoms in total. The summed E-state index contributed by atoms with van der Waals surface area (Å²) >= 11 is 1.75. The van der Waals surface area contributed by atoms with E-state index in [0.717, 1.165) is 18.7 Å². The SMILES string of the molecule is CCCNC(c1cc(C)cc(C)c1)c1sccc1OC. The lowest BCUT2D eigenvalue weighted by atomic mass is 10.00. The smallest absolute Gasteiger partial charge is 0.134 e. The average molecular weight is 289 g/mol. The first-order chi connectivity index (χ1) is 9.65. The maximum absolute atomic E-state index is 5.50. The van der Waals surface area contributed by atoms with Crippen LogP contribution in [0.5, 0.6) is 5.75 Å². The van der Waals surface area contributed by atoms with Gasteiger partial charge in [0.25, 0.3) is 0 Å². The van der Waals surface area contributed by atoms with Crippen molar-refractivity contribution < 1.29 is 4.74 Å². The van der Waals surface area contributed by atoms with Gasteiger partial charge < -0.3 is 10.1 Å². The largest absolute Gasteiger partial charge is 0.496 e. The quantitative estimate of drug-likeness (QED) is 0.847. The summed E-state index contributed by atoms with van der Waals surface area (Å²) in [4.78, 5) is 1.26. The molecule has 0 saturated heterocycles. The Morgan fingerprint density at radius 2 is 1.90 bits per heavy atom. The summed E-state index contributed by atoms with van der Waals surface area (Å²) in [5.74, 6) is 0.975. The van der Waals surface area contributed by atoms with Crippen molar-refractivity contribution in [2.45, 2.75) is 33.2 Å². The van der Waals surface area contributed by atoms with E-state index in [1.54, 1.807) is 18.4 Å². The molecule has 108 valence electrons. The van der Waals surface area contributed by atoms with E-state index in [1.165, 1.54) is 21.6 Å². The van der Waals surface area contributed by atoms with E-state index in [0.29, 0.717) is 0 Å². The van der Waals surface area contributed by atoms with Crippen molar-refractivity contribution in [2.24, 2.45) is 0 Å². The Kier molecular flexibility index (Phi) is 5.21. The second-order valence-electron chi connectivity index (χ2n) is 5.16. The fourth-order valence-corrected chi connectivity index (χ4v) is 3.48. The molecule has 0 aliphatic heterocycles. The summed E-state index contributed by atoms with van der Waals surface area (Å²) in [7, 11) is 1.74. The lowest BCUT2D eigenvalue weighted by Crippen LogP contribution is -2.23. The topological polar surface area (TPSA) is 21.3 Å². The molecular weight excluding hydrogens is 266 g/mol. The molecule has 1 aromatic heterocycles. The molecule has 0 aliphatic carbocycles. The summed E-state index contributed by atoms with van der Waals surface area (Å²) in [5.41, 5.74) is 3.93. The van der Waals surface area contributed by atoms with Gasteiger partial charge in [-0.15, -0.1) is 11.3 Å². The van der Waals surface area contributed by atoms with Gasteiger partial charge in [0.1, 0.15) is 5.75 Å². The monoisotopic (exact) mass is 289 g/mol. The Hall–Kier alpha value is -1.32. The number of hydrogen-bond donors (Lipinski definition) is 1. The molecule has 2 rings (SSSR count). The first-order valence-corrected chi connectivity index (χ1v) is 7.96. The second-order valence-corrected chi connectivity index (χ2v) is 6.11. The standard InChI is InChI=1S/C17H23NOS/c1-5-7-18-16(17-15(19-4)6-8-20-17)14-10-12(2)9-13(3)11-14/h6,8-11,16,18H,5,7H2,1-4H3. The van der Waals surface area contributed by atoms with E-state index < -0.39 is 0 Å². The minimum absolute atomic E-state index is 0.212. The number of hydrogen-bond acceptors (Lipinski definition) is 3. The van der Waals surface area contributed by atoms with E-state index in [2.05, 4.69) is 49.7 Å².